The number of hydrogen-bond donors (Lipinski definition) is 1. The molecule has 1 amide bonds. The Bertz CT molecular complexity index is 575. The number of amides is 1. The van der Waals surface area contributed by atoms with Crippen molar-refractivity contribution in [2.75, 3.05) is 19.4 Å². The Kier molecular flexibility index (Phi) is 4.74. The molecule has 1 heterocycles. The Hall–Kier alpha value is -1.88. The molecule has 0 atom stereocenters. The first-order valence-electron chi connectivity index (χ1n) is 6.48. The van der Waals surface area contributed by atoms with Gasteiger partial charge in [0.05, 0.1) is 13.0 Å². The molecule has 1 aromatic carbocycles. The second kappa shape index (κ2) is 6.52. The normalized spacial score (nSPS) is 10.3. The highest BCUT2D eigenvalue weighted by molar-refractivity contribution is 7.09. The van der Waals surface area contributed by atoms with Gasteiger partial charge in [-0.25, -0.2) is 4.98 Å². The first-order chi connectivity index (χ1) is 9.54. The lowest BCUT2D eigenvalue weighted by molar-refractivity contribution is -0.127. The van der Waals surface area contributed by atoms with Crippen LogP contribution in [0.2, 0.25) is 0 Å². The lowest BCUT2D eigenvalue weighted by Crippen LogP contribution is -2.23. The fourth-order valence-electron chi connectivity index (χ4n) is 1.73. The molecule has 5 heteroatoms. The second-order valence-corrected chi connectivity index (χ2v) is 5.84. The quantitative estimate of drug-likeness (QED) is 0.920. The van der Waals surface area contributed by atoms with E-state index in [1.807, 2.05) is 36.6 Å². The summed E-state index contributed by atoms with van der Waals surface area (Å²) in [5, 5.41) is 6.46. The summed E-state index contributed by atoms with van der Waals surface area (Å²) >= 11 is 1.66. The van der Waals surface area contributed by atoms with Crippen LogP contribution in [0.15, 0.2) is 29.6 Å². The van der Waals surface area contributed by atoms with Gasteiger partial charge in [0.15, 0.2) is 0 Å². The summed E-state index contributed by atoms with van der Waals surface area (Å²) in [6, 6.07) is 7.96. The average molecular weight is 289 g/mol. The minimum Gasteiger partial charge on any atom is -0.379 e. The summed E-state index contributed by atoms with van der Waals surface area (Å²) in [5.41, 5.74) is 3.13. The molecule has 0 radical (unpaired) electrons. The Morgan fingerprint density at radius 3 is 2.55 bits per heavy atom. The first-order valence-corrected chi connectivity index (χ1v) is 7.36. The van der Waals surface area contributed by atoms with Crippen LogP contribution in [0.25, 0.3) is 0 Å². The number of benzene rings is 1. The maximum atomic E-state index is 11.6. The van der Waals surface area contributed by atoms with Gasteiger partial charge in [-0.2, -0.15) is 0 Å². The van der Waals surface area contributed by atoms with E-state index in [0.29, 0.717) is 6.42 Å². The molecular formula is C15H19N3OS. The molecule has 0 fully saturated rings. The van der Waals surface area contributed by atoms with Gasteiger partial charge >= 0.3 is 0 Å². The molecular weight excluding hydrogens is 270 g/mol. The zero-order chi connectivity index (χ0) is 14.5. The number of aryl methyl sites for hydroxylation is 1. The van der Waals surface area contributed by atoms with Crippen LogP contribution in [-0.2, 0) is 17.8 Å². The summed E-state index contributed by atoms with van der Waals surface area (Å²) in [4.78, 5) is 17.6. The molecule has 1 aromatic heterocycles. The molecule has 0 bridgehead atoms. The lowest BCUT2D eigenvalue weighted by Gasteiger charge is -2.10. The summed E-state index contributed by atoms with van der Waals surface area (Å²) in [6.45, 7) is 2.73. The van der Waals surface area contributed by atoms with E-state index in [1.54, 1.807) is 30.3 Å². The molecule has 1 N–H and O–H groups in total. The van der Waals surface area contributed by atoms with Crippen molar-refractivity contribution in [3.63, 3.8) is 0 Å². The second-order valence-electron chi connectivity index (χ2n) is 4.90. The van der Waals surface area contributed by atoms with Gasteiger partial charge in [0.2, 0.25) is 5.91 Å². The van der Waals surface area contributed by atoms with Crippen molar-refractivity contribution < 1.29 is 4.79 Å². The van der Waals surface area contributed by atoms with Gasteiger partial charge in [0.25, 0.3) is 0 Å². The van der Waals surface area contributed by atoms with Crippen LogP contribution in [0.1, 0.15) is 16.3 Å². The zero-order valence-corrected chi connectivity index (χ0v) is 12.8. The Morgan fingerprint density at radius 2 is 2.00 bits per heavy atom. The molecule has 20 heavy (non-hydrogen) atoms. The highest BCUT2D eigenvalue weighted by Gasteiger charge is 2.05. The number of thiazole rings is 1. The van der Waals surface area contributed by atoms with Crippen LogP contribution in [0.5, 0.6) is 0 Å². The predicted octanol–water partition coefficient (Wildman–Crippen LogP) is 2.69. The fourth-order valence-corrected chi connectivity index (χ4v) is 2.45. The number of hydrogen-bond acceptors (Lipinski definition) is 4. The number of likely N-dealkylation sites (N-methyl/N-ethyl adjacent to an activating group) is 1. The number of nitrogens with zero attached hydrogens (tertiary/aromatic N) is 2. The van der Waals surface area contributed by atoms with E-state index in [1.165, 1.54) is 0 Å². The predicted molar refractivity (Wildman–Crippen MR) is 83.0 cm³/mol. The van der Waals surface area contributed by atoms with Crippen LogP contribution in [-0.4, -0.2) is 29.9 Å². The topological polar surface area (TPSA) is 45.2 Å². The van der Waals surface area contributed by atoms with Crippen molar-refractivity contribution in [2.24, 2.45) is 0 Å². The van der Waals surface area contributed by atoms with E-state index in [9.17, 15) is 4.79 Å². The minimum atomic E-state index is 0.115. The molecule has 4 nitrogen and oxygen atoms in total. The Balaban J connectivity index is 1.89. The fraction of sp³-hybridized carbons (Fsp3) is 0.333. The molecule has 0 aliphatic carbocycles. The number of aromatic nitrogens is 1. The van der Waals surface area contributed by atoms with Crippen LogP contribution in [0.4, 0.5) is 5.69 Å². The van der Waals surface area contributed by atoms with Crippen LogP contribution >= 0.6 is 11.3 Å². The SMILES string of the molecule is Cc1csc(CNc2ccc(CC(=O)N(C)C)cc2)n1. The van der Waals surface area contributed by atoms with Gasteiger partial charge in [-0.15, -0.1) is 11.3 Å². The van der Waals surface area contributed by atoms with Crippen LogP contribution in [0.3, 0.4) is 0 Å². The summed E-state index contributed by atoms with van der Waals surface area (Å²) in [7, 11) is 3.54. The molecule has 0 unspecified atom stereocenters. The monoisotopic (exact) mass is 289 g/mol. The van der Waals surface area contributed by atoms with Crippen molar-refractivity contribution in [2.45, 2.75) is 19.9 Å². The van der Waals surface area contributed by atoms with Crippen molar-refractivity contribution in [1.29, 1.82) is 0 Å². The Labute approximate surface area is 123 Å². The molecule has 0 saturated heterocycles. The van der Waals surface area contributed by atoms with Crippen molar-refractivity contribution in [3.05, 3.63) is 45.9 Å². The third-order valence-corrected chi connectivity index (χ3v) is 3.89. The number of rotatable bonds is 5. The summed E-state index contributed by atoms with van der Waals surface area (Å²) < 4.78 is 0. The molecule has 2 rings (SSSR count). The first kappa shape index (κ1) is 14.5. The van der Waals surface area contributed by atoms with Crippen molar-refractivity contribution >= 4 is 22.9 Å². The standard InChI is InChI=1S/C15H19N3OS/c1-11-10-20-14(17-11)9-16-13-6-4-12(5-7-13)8-15(19)18(2)3/h4-7,10,16H,8-9H2,1-3H3. The van der Waals surface area contributed by atoms with Crippen LogP contribution < -0.4 is 5.32 Å². The molecule has 0 saturated carbocycles. The van der Waals surface area contributed by atoms with Gasteiger partial charge < -0.3 is 10.2 Å². The van der Waals surface area contributed by atoms with E-state index in [-0.39, 0.29) is 5.91 Å². The lowest BCUT2D eigenvalue weighted by atomic mass is 10.1. The third-order valence-electron chi connectivity index (χ3n) is 2.92. The summed E-state index contributed by atoms with van der Waals surface area (Å²) in [5.74, 6) is 0.115. The van der Waals surface area contributed by atoms with E-state index in [2.05, 4.69) is 10.3 Å². The third kappa shape index (κ3) is 4.06. The van der Waals surface area contributed by atoms with E-state index < -0.39 is 0 Å². The van der Waals surface area contributed by atoms with E-state index in [0.717, 1.165) is 28.5 Å². The maximum Gasteiger partial charge on any atom is 0.226 e. The van der Waals surface area contributed by atoms with Gasteiger partial charge in [-0.1, -0.05) is 12.1 Å². The Morgan fingerprint density at radius 1 is 1.30 bits per heavy atom. The molecule has 106 valence electrons. The zero-order valence-electron chi connectivity index (χ0n) is 12.0. The van der Waals surface area contributed by atoms with Crippen molar-refractivity contribution in [1.82, 2.24) is 9.88 Å². The number of carbonyl (C=O) groups excluding carboxylic acids is 1. The van der Waals surface area contributed by atoms with Gasteiger partial charge in [0.1, 0.15) is 5.01 Å². The number of nitrogens with one attached hydrogen (secondary N) is 1. The van der Waals surface area contributed by atoms with Gasteiger partial charge in [-0.05, 0) is 24.6 Å². The number of anilines is 1. The van der Waals surface area contributed by atoms with E-state index >= 15 is 0 Å². The minimum absolute atomic E-state index is 0.115. The highest BCUT2D eigenvalue weighted by atomic mass is 32.1. The number of carbonyl (C=O) groups is 1. The van der Waals surface area contributed by atoms with Gasteiger partial charge in [-0.3, -0.25) is 4.79 Å². The highest BCUT2D eigenvalue weighted by Crippen LogP contribution is 2.14. The summed E-state index contributed by atoms with van der Waals surface area (Å²) in [6.07, 6.45) is 0.443. The largest absolute Gasteiger partial charge is 0.379 e. The van der Waals surface area contributed by atoms with Crippen molar-refractivity contribution in [3.8, 4) is 0 Å². The maximum absolute atomic E-state index is 11.6. The molecule has 2 aromatic rings. The molecule has 0 aliphatic heterocycles. The smallest absolute Gasteiger partial charge is 0.226 e. The van der Waals surface area contributed by atoms with Crippen LogP contribution in [0, 0.1) is 6.92 Å². The molecule has 0 aliphatic rings. The van der Waals surface area contributed by atoms with Gasteiger partial charge in [0, 0.05) is 30.9 Å². The van der Waals surface area contributed by atoms with E-state index in [4.69, 9.17) is 0 Å². The average Bonchev–Trinajstić information content (AvgIpc) is 2.83. The molecule has 0 spiro atoms.